The van der Waals surface area contributed by atoms with Gasteiger partial charge >= 0.3 is 0 Å². The Labute approximate surface area is 122 Å². The molecule has 0 radical (unpaired) electrons. The maximum absolute atomic E-state index is 6.16. The number of benzene rings is 1. The Bertz CT molecular complexity index is 601. The molecule has 1 aromatic carbocycles. The van der Waals surface area contributed by atoms with E-state index in [9.17, 15) is 0 Å². The summed E-state index contributed by atoms with van der Waals surface area (Å²) in [4.78, 5) is 8.84. The molecule has 0 saturated heterocycles. The van der Waals surface area contributed by atoms with Crippen LogP contribution in [-0.4, -0.2) is 9.97 Å². The number of hydrogen-bond acceptors (Lipinski definition) is 3. The average Bonchev–Trinajstić information content (AvgIpc) is 2.30. The average molecular weight is 296 g/mol. The molecule has 19 heavy (non-hydrogen) atoms. The van der Waals surface area contributed by atoms with Crippen LogP contribution in [0.4, 0.5) is 5.82 Å². The van der Waals surface area contributed by atoms with E-state index in [1.54, 1.807) is 18.2 Å². The summed E-state index contributed by atoms with van der Waals surface area (Å²) in [5.41, 5.74) is 8.56. The van der Waals surface area contributed by atoms with E-state index in [1.807, 2.05) is 6.92 Å². The Balaban J connectivity index is 2.62. The Hall–Kier alpha value is -1.32. The van der Waals surface area contributed by atoms with Crippen molar-refractivity contribution in [3.8, 4) is 11.4 Å². The van der Waals surface area contributed by atoms with Gasteiger partial charge in [0.2, 0.25) is 0 Å². The van der Waals surface area contributed by atoms with Crippen LogP contribution in [0.5, 0.6) is 0 Å². The lowest BCUT2D eigenvalue weighted by molar-refractivity contribution is 0.836. The van der Waals surface area contributed by atoms with E-state index in [0.29, 0.717) is 27.3 Å². The minimum atomic E-state index is 0.281. The minimum absolute atomic E-state index is 0.281. The first kappa shape index (κ1) is 14.1. The van der Waals surface area contributed by atoms with Crippen molar-refractivity contribution in [1.29, 1.82) is 0 Å². The molecule has 1 aromatic heterocycles. The van der Waals surface area contributed by atoms with Gasteiger partial charge in [0.05, 0.1) is 5.02 Å². The topological polar surface area (TPSA) is 51.8 Å². The molecule has 100 valence electrons. The Morgan fingerprint density at radius 3 is 2.42 bits per heavy atom. The molecule has 0 aliphatic rings. The predicted octanol–water partition coefficient (Wildman–Crippen LogP) is 4.46. The zero-order valence-electron chi connectivity index (χ0n) is 11.0. The SMILES string of the molecule is Cc1nc(-c2cc(Cl)ccc2Cl)nc(N)c1C(C)C. The molecule has 3 nitrogen and oxygen atoms in total. The van der Waals surface area contributed by atoms with Crippen LogP contribution in [-0.2, 0) is 0 Å². The van der Waals surface area contributed by atoms with Crippen molar-refractivity contribution >= 4 is 29.0 Å². The number of nitrogens with two attached hydrogens (primary N) is 1. The molecule has 0 aliphatic heterocycles. The quantitative estimate of drug-likeness (QED) is 0.889. The summed E-state index contributed by atoms with van der Waals surface area (Å²) in [5, 5.41) is 1.15. The Morgan fingerprint density at radius 2 is 1.84 bits per heavy atom. The first-order valence-electron chi connectivity index (χ1n) is 5.99. The van der Waals surface area contributed by atoms with Crippen LogP contribution < -0.4 is 5.73 Å². The first-order valence-corrected chi connectivity index (χ1v) is 6.75. The van der Waals surface area contributed by atoms with Crippen molar-refractivity contribution < 1.29 is 0 Å². The normalized spacial score (nSPS) is 11.1. The number of nitrogens with zero attached hydrogens (tertiary/aromatic N) is 2. The second-order valence-corrected chi connectivity index (χ2v) is 5.55. The van der Waals surface area contributed by atoms with Gasteiger partial charge < -0.3 is 5.73 Å². The van der Waals surface area contributed by atoms with Crippen LogP contribution >= 0.6 is 23.2 Å². The lowest BCUT2D eigenvalue weighted by atomic mass is 10.0. The summed E-state index contributed by atoms with van der Waals surface area (Å²) < 4.78 is 0. The largest absolute Gasteiger partial charge is 0.383 e. The summed E-state index contributed by atoms with van der Waals surface area (Å²) >= 11 is 12.1. The molecule has 0 atom stereocenters. The second kappa shape index (κ2) is 5.35. The molecule has 0 spiro atoms. The summed E-state index contributed by atoms with van der Waals surface area (Å²) in [6.45, 7) is 6.05. The standard InChI is InChI=1S/C14H15Cl2N3/c1-7(2)12-8(3)18-14(19-13(12)17)10-6-9(15)4-5-11(10)16/h4-7H,1-3H3,(H2,17,18,19). The van der Waals surface area contributed by atoms with E-state index in [2.05, 4.69) is 23.8 Å². The fourth-order valence-electron chi connectivity index (χ4n) is 2.11. The number of rotatable bonds is 2. The minimum Gasteiger partial charge on any atom is -0.383 e. The maximum Gasteiger partial charge on any atom is 0.163 e. The van der Waals surface area contributed by atoms with Crippen molar-refractivity contribution in [1.82, 2.24) is 9.97 Å². The zero-order chi connectivity index (χ0) is 14.2. The molecular weight excluding hydrogens is 281 g/mol. The zero-order valence-corrected chi connectivity index (χ0v) is 12.5. The lowest BCUT2D eigenvalue weighted by Gasteiger charge is -2.13. The highest BCUT2D eigenvalue weighted by molar-refractivity contribution is 6.35. The van der Waals surface area contributed by atoms with Gasteiger partial charge in [-0.2, -0.15) is 0 Å². The molecule has 0 amide bonds. The van der Waals surface area contributed by atoms with Gasteiger partial charge in [0.25, 0.3) is 0 Å². The van der Waals surface area contributed by atoms with E-state index in [0.717, 1.165) is 11.3 Å². The van der Waals surface area contributed by atoms with Crippen LogP contribution in [0.15, 0.2) is 18.2 Å². The fraction of sp³-hybridized carbons (Fsp3) is 0.286. The van der Waals surface area contributed by atoms with Crippen LogP contribution in [0.25, 0.3) is 11.4 Å². The van der Waals surface area contributed by atoms with Gasteiger partial charge in [0.15, 0.2) is 5.82 Å². The van der Waals surface area contributed by atoms with E-state index in [1.165, 1.54) is 0 Å². The van der Waals surface area contributed by atoms with E-state index in [4.69, 9.17) is 28.9 Å². The van der Waals surface area contributed by atoms with Crippen molar-refractivity contribution in [2.75, 3.05) is 5.73 Å². The van der Waals surface area contributed by atoms with Crippen LogP contribution in [0.3, 0.4) is 0 Å². The van der Waals surface area contributed by atoms with E-state index in [-0.39, 0.29) is 5.92 Å². The molecule has 2 aromatic rings. The first-order chi connectivity index (χ1) is 8.90. The summed E-state index contributed by atoms with van der Waals surface area (Å²) in [6, 6.07) is 5.20. The van der Waals surface area contributed by atoms with E-state index < -0.39 is 0 Å². The summed E-state index contributed by atoms with van der Waals surface area (Å²) in [5.74, 6) is 1.28. The molecule has 0 unspecified atom stereocenters. The van der Waals surface area contributed by atoms with Gasteiger partial charge in [-0.1, -0.05) is 37.0 Å². The molecule has 2 N–H and O–H groups in total. The van der Waals surface area contributed by atoms with Gasteiger partial charge in [-0.15, -0.1) is 0 Å². The van der Waals surface area contributed by atoms with Gasteiger partial charge in [-0.25, -0.2) is 9.97 Å². The molecule has 0 aliphatic carbocycles. The van der Waals surface area contributed by atoms with Gasteiger partial charge in [0, 0.05) is 21.8 Å². The third kappa shape index (κ3) is 2.82. The molecule has 2 rings (SSSR count). The van der Waals surface area contributed by atoms with Crippen molar-refractivity contribution in [3.63, 3.8) is 0 Å². The third-order valence-corrected chi connectivity index (χ3v) is 3.48. The highest BCUT2D eigenvalue weighted by atomic mass is 35.5. The van der Waals surface area contributed by atoms with Crippen LogP contribution in [0.2, 0.25) is 10.0 Å². The highest BCUT2D eigenvalue weighted by Gasteiger charge is 2.15. The van der Waals surface area contributed by atoms with Gasteiger partial charge in [-0.05, 0) is 31.0 Å². The number of hydrogen-bond donors (Lipinski definition) is 1. The third-order valence-electron chi connectivity index (χ3n) is 2.91. The fourth-order valence-corrected chi connectivity index (χ4v) is 2.48. The second-order valence-electron chi connectivity index (χ2n) is 4.71. The number of aryl methyl sites for hydroxylation is 1. The summed E-state index contributed by atoms with van der Waals surface area (Å²) in [6.07, 6.45) is 0. The molecule has 5 heteroatoms. The van der Waals surface area contributed by atoms with E-state index >= 15 is 0 Å². The van der Waals surface area contributed by atoms with Crippen molar-refractivity contribution in [2.24, 2.45) is 0 Å². The smallest absolute Gasteiger partial charge is 0.163 e. The van der Waals surface area contributed by atoms with Crippen LogP contribution in [0, 0.1) is 6.92 Å². The monoisotopic (exact) mass is 295 g/mol. The number of nitrogen functional groups attached to an aromatic ring is 1. The van der Waals surface area contributed by atoms with Crippen molar-refractivity contribution in [2.45, 2.75) is 26.7 Å². The van der Waals surface area contributed by atoms with Crippen LogP contribution in [0.1, 0.15) is 31.0 Å². The molecular formula is C14H15Cl2N3. The molecule has 0 saturated carbocycles. The summed E-state index contributed by atoms with van der Waals surface area (Å²) in [7, 11) is 0. The Kier molecular flexibility index (Phi) is 3.97. The number of anilines is 1. The van der Waals surface area contributed by atoms with Crippen molar-refractivity contribution in [3.05, 3.63) is 39.5 Å². The maximum atomic E-state index is 6.16. The lowest BCUT2D eigenvalue weighted by Crippen LogP contribution is -2.06. The number of aromatic nitrogens is 2. The highest BCUT2D eigenvalue weighted by Crippen LogP contribution is 2.31. The predicted molar refractivity (Wildman–Crippen MR) is 80.7 cm³/mol. The molecule has 0 fully saturated rings. The molecule has 1 heterocycles. The molecule has 0 bridgehead atoms. The number of halogens is 2. The Morgan fingerprint density at radius 1 is 1.16 bits per heavy atom. The van der Waals surface area contributed by atoms with Gasteiger partial charge in [0.1, 0.15) is 5.82 Å². The van der Waals surface area contributed by atoms with Gasteiger partial charge in [-0.3, -0.25) is 0 Å².